The van der Waals surface area contributed by atoms with Crippen molar-refractivity contribution >= 4 is 0 Å². The summed E-state index contributed by atoms with van der Waals surface area (Å²) in [5, 5.41) is 8.45. The lowest BCUT2D eigenvalue weighted by Crippen LogP contribution is -1.86. The minimum absolute atomic E-state index is 0.129. The summed E-state index contributed by atoms with van der Waals surface area (Å²) >= 11 is 0. The molecule has 1 aromatic carbocycles. The van der Waals surface area contributed by atoms with Gasteiger partial charge in [-0.15, -0.1) is 0 Å². The maximum atomic E-state index is 12.7. The quantitative estimate of drug-likeness (QED) is 0.676. The molecule has 0 aliphatic carbocycles. The fourth-order valence-corrected chi connectivity index (χ4v) is 0.878. The van der Waals surface area contributed by atoms with Crippen molar-refractivity contribution in [1.29, 1.82) is 5.26 Å². The number of halogens is 1. The first kappa shape index (κ1) is 16.1. The molecule has 0 spiro atoms. The van der Waals surface area contributed by atoms with Gasteiger partial charge in [-0.05, 0) is 24.1 Å². The highest BCUT2D eigenvalue weighted by atomic mass is 19.1. The molecule has 0 aromatic heterocycles. The van der Waals surface area contributed by atoms with Crippen molar-refractivity contribution in [3.63, 3.8) is 0 Å². The van der Waals surface area contributed by atoms with Crippen molar-refractivity contribution in [1.82, 2.24) is 0 Å². The molecular weight excluding hydrogens is 189 g/mol. The molecule has 0 aliphatic heterocycles. The van der Waals surface area contributed by atoms with Gasteiger partial charge in [-0.2, -0.15) is 5.26 Å². The third kappa shape index (κ3) is 5.85. The lowest BCUT2D eigenvalue weighted by Gasteiger charge is -1.96. The van der Waals surface area contributed by atoms with Crippen LogP contribution in [-0.4, -0.2) is 0 Å². The van der Waals surface area contributed by atoms with Crippen LogP contribution in [0, 0.1) is 17.1 Å². The van der Waals surface area contributed by atoms with E-state index in [1.165, 1.54) is 6.07 Å². The molecule has 0 N–H and O–H groups in total. The zero-order valence-electron chi connectivity index (χ0n) is 10.3. The van der Waals surface area contributed by atoms with E-state index in [0.717, 1.165) is 12.0 Å². The molecule has 0 bridgehead atoms. The second-order valence-corrected chi connectivity index (χ2v) is 2.28. The van der Waals surface area contributed by atoms with E-state index in [0.29, 0.717) is 0 Å². The van der Waals surface area contributed by atoms with E-state index < -0.39 is 5.82 Å². The fourth-order valence-electron chi connectivity index (χ4n) is 0.878. The molecule has 0 saturated heterocycles. The molecule has 2 heteroatoms. The zero-order valence-corrected chi connectivity index (χ0v) is 10.3. The highest BCUT2D eigenvalue weighted by Gasteiger charge is 2.00. The minimum Gasteiger partial charge on any atom is -0.206 e. The van der Waals surface area contributed by atoms with Crippen LogP contribution >= 0.6 is 0 Å². The summed E-state index contributed by atoms with van der Waals surface area (Å²) in [4.78, 5) is 0. The van der Waals surface area contributed by atoms with E-state index >= 15 is 0 Å². The summed E-state index contributed by atoms with van der Waals surface area (Å²) in [7, 11) is 0. The number of nitriles is 1. The number of hydrogen-bond donors (Lipinski definition) is 0. The van der Waals surface area contributed by atoms with Gasteiger partial charge in [0.25, 0.3) is 0 Å². The highest BCUT2D eigenvalue weighted by molar-refractivity contribution is 5.34. The monoisotopic (exact) mass is 209 g/mol. The van der Waals surface area contributed by atoms with Crippen LogP contribution in [0.15, 0.2) is 18.2 Å². The largest absolute Gasteiger partial charge is 0.206 e. The Morgan fingerprint density at radius 1 is 1.20 bits per heavy atom. The van der Waals surface area contributed by atoms with Crippen molar-refractivity contribution < 1.29 is 4.39 Å². The van der Waals surface area contributed by atoms with Gasteiger partial charge in [-0.3, -0.25) is 0 Å². The molecule has 1 aromatic rings. The van der Waals surface area contributed by atoms with Gasteiger partial charge in [0.1, 0.15) is 11.9 Å². The predicted octanol–water partition coefficient (Wildman–Crippen LogP) is 4.31. The molecule has 0 unspecified atom stereocenters. The van der Waals surface area contributed by atoms with Crippen molar-refractivity contribution in [2.45, 2.75) is 41.0 Å². The summed E-state index contributed by atoms with van der Waals surface area (Å²) in [6.07, 6.45) is 0.828. The van der Waals surface area contributed by atoms with Crippen LogP contribution in [0.4, 0.5) is 4.39 Å². The third-order valence-corrected chi connectivity index (χ3v) is 1.56. The lowest BCUT2D eigenvalue weighted by molar-refractivity contribution is 0.623. The summed E-state index contributed by atoms with van der Waals surface area (Å²) in [5.41, 5.74) is 1.12. The molecule has 0 amide bonds. The average Bonchev–Trinajstić information content (AvgIpc) is 2.35. The van der Waals surface area contributed by atoms with Crippen LogP contribution in [0.2, 0.25) is 0 Å². The molecule has 0 radical (unpaired) electrons. The maximum absolute atomic E-state index is 12.7. The van der Waals surface area contributed by atoms with Gasteiger partial charge >= 0.3 is 0 Å². The van der Waals surface area contributed by atoms with Gasteiger partial charge in [-0.1, -0.05) is 40.7 Å². The first-order chi connectivity index (χ1) is 7.27. The van der Waals surface area contributed by atoms with Crippen LogP contribution in [0.5, 0.6) is 0 Å². The Bertz CT molecular complexity index is 300. The van der Waals surface area contributed by atoms with Crippen LogP contribution in [0.25, 0.3) is 0 Å². The van der Waals surface area contributed by atoms with Gasteiger partial charge in [0.05, 0.1) is 5.56 Å². The summed E-state index contributed by atoms with van der Waals surface area (Å²) in [5.74, 6) is -0.440. The number of nitrogens with zero attached hydrogens (tertiary/aromatic N) is 1. The first-order valence-corrected chi connectivity index (χ1v) is 5.46. The Balaban J connectivity index is 0. The van der Waals surface area contributed by atoms with Gasteiger partial charge in [0, 0.05) is 0 Å². The van der Waals surface area contributed by atoms with Crippen LogP contribution < -0.4 is 0 Å². The summed E-state index contributed by atoms with van der Waals surface area (Å²) < 4.78 is 12.7. The van der Waals surface area contributed by atoms with Gasteiger partial charge in [0.15, 0.2) is 0 Å². The van der Waals surface area contributed by atoms with E-state index in [-0.39, 0.29) is 5.56 Å². The fraction of sp³-hybridized carbons (Fsp3) is 0.462. The van der Waals surface area contributed by atoms with E-state index in [9.17, 15) is 4.39 Å². The predicted molar refractivity (Wildman–Crippen MR) is 63.2 cm³/mol. The molecule has 1 rings (SSSR count). The van der Waals surface area contributed by atoms with Crippen molar-refractivity contribution in [3.8, 4) is 6.07 Å². The number of hydrogen-bond acceptors (Lipinski definition) is 1. The molecule has 84 valence electrons. The summed E-state index contributed by atoms with van der Waals surface area (Å²) in [6.45, 7) is 9.97. The molecular formula is C13H20FN. The standard InChI is InChI=1S/C9H8FN.2C2H6/c1-2-7-3-4-9(10)8(5-7)6-11;2*1-2/h3-5H,2H2,1H3;2*1-2H3. The molecule has 0 saturated carbocycles. The van der Waals surface area contributed by atoms with E-state index in [4.69, 9.17) is 5.26 Å². The molecule has 0 atom stereocenters. The Kier molecular flexibility index (Phi) is 11.5. The number of rotatable bonds is 1. The zero-order chi connectivity index (χ0) is 12.3. The Hall–Kier alpha value is -1.36. The minimum atomic E-state index is -0.440. The second kappa shape index (κ2) is 10.7. The number of aryl methyl sites for hydroxylation is 1. The van der Waals surface area contributed by atoms with Crippen LogP contribution in [-0.2, 0) is 6.42 Å². The van der Waals surface area contributed by atoms with E-state index in [1.54, 1.807) is 18.2 Å². The van der Waals surface area contributed by atoms with Gasteiger partial charge in [-0.25, -0.2) is 4.39 Å². The van der Waals surface area contributed by atoms with Crippen molar-refractivity contribution in [2.75, 3.05) is 0 Å². The smallest absolute Gasteiger partial charge is 0.140 e. The number of benzene rings is 1. The molecule has 1 nitrogen and oxygen atoms in total. The van der Waals surface area contributed by atoms with Crippen molar-refractivity contribution in [2.24, 2.45) is 0 Å². The van der Waals surface area contributed by atoms with E-state index in [2.05, 4.69) is 0 Å². The van der Waals surface area contributed by atoms with Gasteiger partial charge < -0.3 is 0 Å². The highest BCUT2D eigenvalue weighted by Crippen LogP contribution is 2.09. The third-order valence-electron chi connectivity index (χ3n) is 1.56. The lowest BCUT2D eigenvalue weighted by atomic mass is 10.1. The normalized spacial score (nSPS) is 7.53. The SMILES string of the molecule is CC.CC.CCc1ccc(F)c(C#N)c1. The van der Waals surface area contributed by atoms with Crippen molar-refractivity contribution in [3.05, 3.63) is 35.1 Å². The average molecular weight is 209 g/mol. The molecule has 15 heavy (non-hydrogen) atoms. The topological polar surface area (TPSA) is 23.8 Å². The Morgan fingerprint density at radius 3 is 2.13 bits per heavy atom. The summed E-state index contributed by atoms with van der Waals surface area (Å²) in [6, 6.07) is 6.40. The Labute approximate surface area is 92.6 Å². The second-order valence-electron chi connectivity index (χ2n) is 2.28. The van der Waals surface area contributed by atoms with E-state index in [1.807, 2.05) is 34.6 Å². The van der Waals surface area contributed by atoms with Crippen LogP contribution in [0.3, 0.4) is 0 Å². The Morgan fingerprint density at radius 2 is 1.73 bits per heavy atom. The first-order valence-electron chi connectivity index (χ1n) is 5.46. The molecule has 0 aliphatic rings. The van der Waals surface area contributed by atoms with Crippen LogP contribution in [0.1, 0.15) is 45.7 Å². The molecule has 0 fully saturated rings. The maximum Gasteiger partial charge on any atom is 0.140 e. The molecule has 0 heterocycles. The van der Waals surface area contributed by atoms with Gasteiger partial charge in [0.2, 0.25) is 0 Å².